The molecule has 0 radical (unpaired) electrons. The number of aryl methyl sites for hydroxylation is 1. The van der Waals surface area contributed by atoms with Crippen molar-refractivity contribution in [3.63, 3.8) is 0 Å². The van der Waals surface area contributed by atoms with Crippen molar-refractivity contribution in [1.29, 1.82) is 0 Å². The standard InChI is InChI=1S/C13H15F2N3O3/c1-8-9(5-11(19)17-7-13(14,15)6-16)18-12(21-8)10-3-2-4-20-10/h2-4H,5-7,16H2,1H3,(H,17,19). The molecule has 0 aliphatic rings. The van der Waals surface area contributed by atoms with Gasteiger partial charge in [0.05, 0.1) is 31.5 Å². The predicted molar refractivity (Wildman–Crippen MR) is 69.7 cm³/mol. The van der Waals surface area contributed by atoms with E-state index in [1.165, 1.54) is 6.26 Å². The van der Waals surface area contributed by atoms with Gasteiger partial charge in [-0.25, -0.2) is 13.8 Å². The lowest BCUT2D eigenvalue weighted by Crippen LogP contribution is -2.42. The average Bonchev–Trinajstić information content (AvgIpc) is 3.07. The summed E-state index contributed by atoms with van der Waals surface area (Å²) >= 11 is 0. The van der Waals surface area contributed by atoms with Crippen LogP contribution in [-0.2, 0) is 11.2 Å². The Bertz CT molecular complexity index is 608. The van der Waals surface area contributed by atoms with Crippen LogP contribution in [0.4, 0.5) is 8.78 Å². The SMILES string of the molecule is Cc1oc(-c2ccco2)nc1CC(=O)NCC(F)(F)CN. The molecule has 114 valence electrons. The summed E-state index contributed by atoms with van der Waals surface area (Å²) < 4.78 is 36.4. The molecule has 1 amide bonds. The van der Waals surface area contributed by atoms with Crippen molar-refractivity contribution in [3.05, 3.63) is 29.9 Å². The highest BCUT2D eigenvalue weighted by Gasteiger charge is 2.27. The highest BCUT2D eigenvalue weighted by atomic mass is 19.3. The number of oxazole rings is 1. The van der Waals surface area contributed by atoms with Gasteiger partial charge in [0.15, 0.2) is 5.76 Å². The summed E-state index contributed by atoms with van der Waals surface area (Å²) in [5, 5.41) is 2.12. The Morgan fingerprint density at radius 3 is 2.90 bits per heavy atom. The van der Waals surface area contributed by atoms with E-state index < -0.39 is 24.9 Å². The van der Waals surface area contributed by atoms with Crippen LogP contribution < -0.4 is 11.1 Å². The second-order valence-electron chi connectivity index (χ2n) is 4.51. The van der Waals surface area contributed by atoms with E-state index >= 15 is 0 Å². The number of nitrogens with two attached hydrogens (primary N) is 1. The number of furan rings is 1. The topological polar surface area (TPSA) is 94.3 Å². The van der Waals surface area contributed by atoms with Crippen molar-refractivity contribution in [2.24, 2.45) is 5.73 Å². The minimum Gasteiger partial charge on any atom is -0.459 e. The van der Waals surface area contributed by atoms with Crippen LogP contribution >= 0.6 is 0 Å². The van der Waals surface area contributed by atoms with E-state index in [4.69, 9.17) is 14.6 Å². The number of rotatable bonds is 6. The molecule has 3 N–H and O–H groups in total. The number of hydrogen-bond donors (Lipinski definition) is 2. The molecule has 0 aliphatic heterocycles. The van der Waals surface area contributed by atoms with Gasteiger partial charge >= 0.3 is 0 Å². The number of nitrogens with one attached hydrogen (secondary N) is 1. The zero-order valence-corrected chi connectivity index (χ0v) is 11.4. The lowest BCUT2D eigenvalue weighted by molar-refractivity contribution is -0.122. The largest absolute Gasteiger partial charge is 0.459 e. The molecule has 0 saturated heterocycles. The van der Waals surface area contributed by atoms with E-state index in [1.54, 1.807) is 19.1 Å². The van der Waals surface area contributed by atoms with Gasteiger partial charge in [0, 0.05) is 0 Å². The summed E-state index contributed by atoms with van der Waals surface area (Å²) in [5.74, 6) is -2.59. The highest BCUT2D eigenvalue weighted by molar-refractivity contribution is 5.78. The molecular weight excluding hydrogens is 284 g/mol. The molecule has 8 heteroatoms. The van der Waals surface area contributed by atoms with Crippen molar-refractivity contribution in [3.8, 4) is 11.7 Å². The van der Waals surface area contributed by atoms with E-state index in [0.717, 1.165) is 0 Å². The van der Waals surface area contributed by atoms with E-state index in [2.05, 4.69) is 10.3 Å². The summed E-state index contributed by atoms with van der Waals surface area (Å²) in [6.07, 6.45) is 1.31. The van der Waals surface area contributed by atoms with Crippen LogP contribution in [0.5, 0.6) is 0 Å². The van der Waals surface area contributed by atoms with Crippen molar-refractivity contribution >= 4 is 5.91 Å². The normalized spacial score (nSPS) is 11.6. The average molecular weight is 299 g/mol. The van der Waals surface area contributed by atoms with Gasteiger partial charge in [-0.05, 0) is 19.1 Å². The Balaban J connectivity index is 1.98. The number of halogens is 2. The molecular formula is C13H15F2N3O3. The Morgan fingerprint density at radius 1 is 1.52 bits per heavy atom. The highest BCUT2D eigenvalue weighted by Crippen LogP contribution is 2.22. The first-order valence-corrected chi connectivity index (χ1v) is 6.26. The summed E-state index contributed by atoms with van der Waals surface area (Å²) in [5.41, 5.74) is 5.26. The second kappa shape index (κ2) is 6.04. The molecule has 2 heterocycles. The Labute approximate surface area is 119 Å². The Kier molecular flexibility index (Phi) is 4.37. The van der Waals surface area contributed by atoms with Gasteiger partial charge in [-0.15, -0.1) is 0 Å². The van der Waals surface area contributed by atoms with Gasteiger partial charge in [0.2, 0.25) is 5.91 Å². The zero-order chi connectivity index (χ0) is 15.5. The van der Waals surface area contributed by atoms with Crippen LogP contribution in [0.3, 0.4) is 0 Å². The number of aromatic nitrogens is 1. The fraction of sp³-hybridized carbons (Fsp3) is 0.385. The molecule has 0 saturated carbocycles. The molecule has 2 aromatic heterocycles. The summed E-state index contributed by atoms with van der Waals surface area (Å²) in [6.45, 7) is 0.0136. The Morgan fingerprint density at radius 2 is 2.29 bits per heavy atom. The zero-order valence-electron chi connectivity index (χ0n) is 11.4. The minimum absolute atomic E-state index is 0.156. The van der Waals surface area contributed by atoms with Gasteiger partial charge < -0.3 is 19.9 Å². The summed E-state index contributed by atoms with van der Waals surface area (Å²) in [6, 6.07) is 3.34. The van der Waals surface area contributed by atoms with Gasteiger partial charge in [-0.3, -0.25) is 4.79 Å². The van der Waals surface area contributed by atoms with E-state index in [9.17, 15) is 13.6 Å². The van der Waals surface area contributed by atoms with Crippen molar-refractivity contribution in [2.75, 3.05) is 13.1 Å². The van der Waals surface area contributed by atoms with E-state index in [0.29, 0.717) is 17.2 Å². The van der Waals surface area contributed by atoms with E-state index in [-0.39, 0.29) is 12.3 Å². The van der Waals surface area contributed by atoms with Crippen LogP contribution in [0.1, 0.15) is 11.5 Å². The van der Waals surface area contributed by atoms with Crippen LogP contribution in [0.15, 0.2) is 27.2 Å². The van der Waals surface area contributed by atoms with Crippen LogP contribution in [0, 0.1) is 6.92 Å². The number of alkyl halides is 2. The maximum absolute atomic E-state index is 12.9. The lowest BCUT2D eigenvalue weighted by Gasteiger charge is -2.14. The fourth-order valence-corrected chi connectivity index (χ4v) is 1.61. The number of carbonyl (C=O) groups excluding carboxylic acids is 1. The molecule has 0 spiro atoms. The summed E-state index contributed by atoms with van der Waals surface area (Å²) in [4.78, 5) is 15.8. The third-order valence-electron chi connectivity index (χ3n) is 2.80. The monoisotopic (exact) mass is 299 g/mol. The van der Waals surface area contributed by atoms with Gasteiger partial charge in [-0.2, -0.15) is 0 Å². The molecule has 0 atom stereocenters. The smallest absolute Gasteiger partial charge is 0.277 e. The van der Waals surface area contributed by atoms with E-state index in [1.807, 2.05) is 0 Å². The molecule has 6 nitrogen and oxygen atoms in total. The molecule has 0 unspecified atom stereocenters. The first-order valence-electron chi connectivity index (χ1n) is 6.26. The van der Waals surface area contributed by atoms with Crippen molar-refractivity contribution in [1.82, 2.24) is 10.3 Å². The van der Waals surface area contributed by atoms with Crippen LogP contribution in [-0.4, -0.2) is 29.9 Å². The lowest BCUT2D eigenvalue weighted by atomic mass is 10.2. The van der Waals surface area contributed by atoms with Crippen molar-refractivity contribution in [2.45, 2.75) is 19.3 Å². The maximum atomic E-state index is 12.9. The second-order valence-corrected chi connectivity index (χ2v) is 4.51. The van der Waals surface area contributed by atoms with Gasteiger partial charge in [0.25, 0.3) is 11.8 Å². The summed E-state index contributed by atoms with van der Waals surface area (Å²) in [7, 11) is 0. The third-order valence-corrected chi connectivity index (χ3v) is 2.80. The number of nitrogens with zero attached hydrogens (tertiary/aromatic N) is 1. The van der Waals surface area contributed by atoms with Crippen molar-refractivity contribution < 1.29 is 22.4 Å². The van der Waals surface area contributed by atoms with Crippen LogP contribution in [0.2, 0.25) is 0 Å². The number of carbonyl (C=O) groups is 1. The molecule has 21 heavy (non-hydrogen) atoms. The van der Waals surface area contributed by atoms with Gasteiger partial charge in [0.1, 0.15) is 5.76 Å². The maximum Gasteiger partial charge on any atom is 0.277 e. The molecule has 0 aliphatic carbocycles. The number of amides is 1. The molecule has 0 fully saturated rings. The molecule has 2 aromatic rings. The third kappa shape index (κ3) is 3.88. The Hall–Kier alpha value is -2.22. The first-order chi connectivity index (χ1) is 9.91. The minimum atomic E-state index is -3.12. The number of hydrogen-bond acceptors (Lipinski definition) is 5. The molecule has 0 aromatic carbocycles. The molecule has 0 bridgehead atoms. The van der Waals surface area contributed by atoms with Crippen LogP contribution in [0.25, 0.3) is 11.7 Å². The first kappa shape index (κ1) is 15.2. The fourth-order valence-electron chi connectivity index (χ4n) is 1.61. The van der Waals surface area contributed by atoms with Gasteiger partial charge in [-0.1, -0.05) is 0 Å². The quantitative estimate of drug-likeness (QED) is 0.843. The predicted octanol–water partition coefficient (Wildman–Crippen LogP) is 1.50. The molecule has 2 rings (SSSR count).